The summed E-state index contributed by atoms with van der Waals surface area (Å²) in [5, 5.41) is 11.7. The van der Waals surface area contributed by atoms with Gasteiger partial charge < -0.3 is 10.1 Å². The lowest BCUT2D eigenvalue weighted by molar-refractivity contribution is -0.129. The maximum Gasteiger partial charge on any atom is 0.338 e. The normalized spacial score (nSPS) is 12.5. The molecule has 26 heavy (non-hydrogen) atoms. The first-order chi connectivity index (χ1) is 12.5. The van der Waals surface area contributed by atoms with E-state index in [9.17, 15) is 9.59 Å². The van der Waals surface area contributed by atoms with Gasteiger partial charge in [-0.1, -0.05) is 36.4 Å². The van der Waals surface area contributed by atoms with Crippen LogP contribution in [0.5, 0.6) is 0 Å². The van der Waals surface area contributed by atoms with Crippen molar-refractivity contribution in [1.29, 1.82) is 5.26 Å². The molecule has 0 aromatic heterocycles. The lowest BCUT2D eigenvalue weighted by atomic mass is 10.1. The molecule has 2 aromatic rings. The second kappa shape index (κ2) is 9.38. The van der Waals surface area contributed by atoms with Crippen LogP contribution in [0.2, 0.25) is 0 Å². The van der Waals surface area contributed by atoms with Crippen LogP contribution in [0.3, 0.4) is 0 Å². The van der Waals surface area contributed by atoms with Gasteiger partial charge in [-0.15, -0.1) is 0 Å². The molecule has 2 rings (SSSR count). The summed E-state index contributed by atoms with van der Waals surface area (Å²) < 4.78 is 5.20. The van der Waals surface area contributed by atoms with Crippen LogP contribution in [-0.2, 0) is 16.0 Å². The number of nitrogens with one attached hydrogen (secondary N) is 1. The number of rotatable bonds is 7. The van der Waals surface area contributed by atoms with Gasteiger partial charge in [0, 0.05) is 6.04 Å². The summed E-state index contributed by atoms with van der Waals surface area (Å²) in [5.41, 5.74) is 1.83. The molecule has 0 heterocycles. The van der Waals surface area contributed by atoms with Crippen LogP contribution in [0, 0.1) is 11.3 Å². The third-order valence-electron chi connectivity index (χ3n) is 3.98. The molecule has 5 nitrogen and oxygen atoms in total. The van der Waals surface area contributed by atoms with Crippen LogP contribution >= 0.6 is 0 Å². The molecular weight excluding hydrogens is 328 g/mol. The van der Waals surface area contributed by atoms with E-state index in [0.717, 1.165) is 12.8 Å². The Morgan fingerprint density at radius 1 is 1.12 bits per heavy atom. The van der Waals surface area contributed by atoms with Gasteiger partial charge in [-0.3, -0.25) is 4.79 Å². The Morgan fingerprint density at radius 2 is 1.85 bits per heavy atom. The van der Waals surface area contributed by atoms with E-state index in [1.807, 2.05) is 43.3 Å². The average molecular weight is 350 g/mol. The molecule has 0 aliphatic rings. The number of hydrogen-bond donors (Lipinski definition) is 1. The third kappa shape index (κ3) is 5.75. The first-order valence-corrected chi connectivity index (χ1v) is 8.55. The van der Waals surface area contributed by atoms with Gasteiger partial charge in [0.1, 0.15) is 0 Å². The monoisotopic (exact) mass is 350 g/mol. The molecule has 2 aromatic carbocycles. The smallest absolute Gasteiger partial charge is 0.338 e. The molecule has 134 valence electrons. The van der Waals surface area contributed by atoms with Crippen LogP contribution in [0.1, 0.15) is 41.8 Å². The fourth-order valence-electron chi connectivity index (χ4n) is 2.46. The van der Waals surface area contributed by atoms with Crippen LogP contribution in [0.15, 0.2) is 54.6 Å². The van der Waals surface area contributed by atoms with Crippen molar-refractivity contribution in [1.82, 2.24) is 5.32 Å². The molecule has 0 fully saturated rings. The number of carbonyl (C=O) groups is 2. The van der Waals surface area contributed by atoms with Crippen LogP contribution in [0.4, 0.5) is 0 Å². The van der Waals surface area contributed by atoms with E-state index in [4.69, 9.17) is 10.00 Å². The van der Waals surface area contributed by atoms with Gasteiger partial charge in [0.15, 0.2) is 6.10 Å². The minimum Gasteiger partial charge on any atom is -0.449 e. The predicted octanol–water partition coefficient (Wildman–Crippen LogP) is 3.24. The van der Waals surface area contributed by atoms with Gasteiger partial charge in [0.25, 0.3) is 5.91 Å². The molecule has 0 saturated carbocycles. The van der Waals surface area contributed by atoms with Crippen molar-refractivity contribution >= 4 is 11.9 Å². The quantitative estimate of drug-likeness (QED) is 0.778. The third-order valence-corrected chi connectivity index (χ3v) is 3.98. The van der Waals surface area contributed by atoms with E-state index in [-0.39, 0.29) is 17.5 Å². The van der Waals surface area contributed by atoms with Crippen LogP contribution in [0.25, 0.3) is 0 Å². The number of benzene rings is 2. The van der Waals surface area contributed by atoms with Crippen molar-refractivity contribution in [2.24, 2.45) is 0 Å². The van der Waals surface area contributed by atoms with Crippen molar-refractivity contribution in [3.05, 3.63) is 71.3 Å². The van der Waals surface area contributed by atoms with E-state index in [1.165, 1.54) is 18.6 Å². The fourth-order valence-corrected chi connectivity index (χ4v) is 2.46. The lowest BCUT2D eigenvalue weighted by Crippen LogP contribution is -2.41. The van der Waals surface area contributed by atoms with Crippen LogP contribution in [-0.4, -0.2) is 24.0 Å². The van der Waals surface area contributed by atoms with Gasteiger partial charge in [0.05, 0.1) is 17.2 Å². The van der Waals surface area contributed by atoms with Crippen LogP contribution < -0.4 is 5.32 Å². The Morgan fingerprint density at radius 3 is 2.54 bits per heavy atom. The Hall–Kier alpha value is -3.13. The highest BCUT2D eigenvalue weighted by molar-refractivity contribution is 5.92. The van der Waals surface area contributed by atoms with Crippen molar-refractivity contribution < 1.29 is 14.3 Å². The zero-order valence-electron chi connectivity index (χ0n) is 14.9. The van der Waals surface area contributed by atoms with Gasteiger partial charge in [-0.25, -0.2) is 4.79 Å². The number of amides is 1. The Bertz CT molecular complexity index is 796. The summed E-state index contributed by atoms with van der Waals surface area (Å²) in [6, 6.07) is 18.2. The summed E-state index contributed by atoms with van der Waals surface area (Å²) in [6.07, 6.45) is 0.741. The van der Waals surface area contributed by atoms with Crippen molar-refractivity contribution in [3.8, 4) is 6.07 Å². The van der Waals surface area contributed by atoms with Crippen molar-refractivity contribution in [2.75, 3.05) is 0 Å². The highest BCUT2D eigenvalue weighted by atomic mass is 16.5. The molecule has 1 amide bonds. The number of nitriles is 1. The van der Waals surface area contributed by atoms with E-state index in [2.05, 4.69) is 5.32 Å². The Kier molecular flexibility index (Phi) is 6.92. The zero-order chi connectivity index (χ0) is 18.9. The minimum atomic E-state index is -0.910. The number of esters is 1. The molecule has 0 spiro atoms. The molecular formula is C21H22N2O3. The Labute approximate surface area is 153 Å². The number of hydrogen-bond acceptors (Lipinski definition) is 4. The second-order valence-electron chi connectivity index (χ2n) is 6.17. The number of ether oxygens (including phenoxy) is 1. The van der Waals surface area contributed by atoms with Crippen molar-refractivity contribution in [2.45, 2.75) is 38.8 Å². The maximum absolute atomic E-state index is 12.2. The summed E-state index contributed by atoms with van der Waals surface area (Å²) in [4.78, 5) is 24.3. The molecule has 0 saturated heterocycles. The van der Waals surface area contributed by atoms with Gasteiger partial charge in [-0.05, 0) is 50.5 Å². The molecule has 0 radical (unpaired) electrons. The van der Waals surface area contributed by atoms with Gasteiger partial charge in [0.2, 0.25) is 0 Å². The summed E-state index contributed by atoms with van der Waals surface area (Å²) >= 11 is 0. The molecule has 5 heteroatoms. The summed E-state index contributed by atoms with van der Waals surface area (Å²) in [5.74, 6) is -0.961. The second-order valence-corrected chi connectivity index (χ2v) is 6.17. The standard InChI is InChI=1S/C21H22N2O3/c1-15(11-12-17-7-4-3-5-8-17)23-20(24)16(2)26-21(25)19-10-6-9-18(13-19)14-22/h3-10,13,15-16H,11-12H2,1-2H3,(H,23,24)/t15-,16+/m1/s1. The molecule has 0 unspecified atom stereocenters. The van der Waals surface area contributed by atoms with Gasteiger partial charge >= 0.3 is 5.97 Å². The minimum absolute atomic E-state index is 0.0363. The molecule has 0 aliphatic heterocycles. The SMILES string of the molecule is C[C@H](CCc1ccccc1)NC(=O)[C@H](C)OC(=O)c1cccc(C#N)c1. The highest BCUT2D eigenvalue weighted by Crippen LogP contribution is 2.09. The Balaban J connectivity index is 1.82. The average Bonchev–Trinajstić information content (AvgIpc) is 2.67. The first kappa shape index (κ1) is 19.2. The topological polar surface area (TPSA) is 79.2 Å². The van der Waals surface area contributed by atoms with Crippen molar-refractivity contribution in [3.63, 3.8) is 0 Å². The number of nitrogens with zero attached hydrogens (tertiary/aromatic N) is 1. The molecule has 0 bridgehead atoms. The molecule has 0 aliphatic carbocycles. The summed E-state index contributed by atoms with van der Waals surface area (Å²) in [6.45, 7) is 3.46. The molecule has 2 atom stereocenters. The van der Waals surface area contributed by atoms with Gasteiger partial charge in [-0.2, -0.15) is 5.26 Å². The largest absolute Gasteiger partial charge is 0.449 e. The number of carbonyl (C=O) groups excluding carboxylic acids is 2. The van der Waals surface area contributed by atoms with E-state index < -0.39 is 12.1 Å². The zero-order valence-corrected chi connectivity index (χ0v) is 14.9. The van der Waals surface area contributed by atoms with E-state index >= 15 is 0 Å². The maximum atomic E-state index is 12.2. The summed E-state index contributed by atoms with van der Waals surface area (Å²) in [7, 11) is 0. The lowest BCUT2D eigenvalue weighted by Gasteiger charge is -2.18. The number of aryl methyl sites for hydroxylation is 1. The van der Waals surface area contributed by atoms with E-state index in [0.29, 0.717) is 5.56 Å². The van der Waals surface area contributed by atoms with E-state index in [1.54, 1.807) is 18.2 Å². The molecule has 1 N–H and O–H groups in total. The highest BCUT2D eigenvalue weighted by Gasteiger charge is 2.20. The first-order valence-electron chi connectivity index (χ1n) is 8.55. The predicted molar refractivity (Wildman–Crippen MR) is 98.4 cm³/mol. The fraction of sp³-hybridized carbons (Fsp3) is 0.286.